The van der Waals surface area contributed by atoms with Gasteiger partial charge in [-0.25, -0.2) is 23.3 Å². The molecule has 0 aliphatic carbocycles. The van der Waals surface area contributed by atoms with Gasteiger partial charge in [0.2, 0.25) is 5.75 Å². The number of hydrogen-bond donors (Lipinski definition) is 1. The molecule has 2 aromatic carbocycles. The SMILES string of the molecule is CN(C)c1cc(Cl)cc(Oc2c(C(F)(F)F)ncn(Cc3cc(-c4ccc(F)c(F)c4F)c(=O)[nH]n3)c2=O)c1. The summed E-state index contributed by atoms with van der Waals surface area (Å²) in [5, 5.41) is 5.85. The molecule has 4 rings (SSSR count). The maximum Gasteiger partial charge on any atom is 0.437 e. The Kier molecular flexibility index (Phi) is 7.41. The van der Waals surface area contributed by atoms with Crippen molar-refractivity contribution in [3.05, 3.63) is 97.3 Å². The van der Waals surface area contributed by atoms with E-state index in [0.717, 1.165) is 12.1 Å². The molecule has 0 fully saturated rings. The van der Waals surface area contributed by atoms with Crippen LogP contribution >= 0.6 is 11.6 Å². The molecule has 0 atom stereocenters. The number of hydrogen-bond acceptors (Lipinski definition) is 6. The Hall–Kier alpha value is -4.33. The fourth-order valence-corrected chi connectivity index (χ4v) is 3.72. The Bertz CT molecular complexity index is 1690. The molecule has 15 heteroatoms. The molecule has 0 aliphatic rings. The molecule has 1 N–H and O–H groups in total. The van der Waals surface area contributed by atoms with Gasteiger partial charge in [-0.15, -0.1) is 0 Å². The maximum atomic E-state index is 14.3. The monoisotopic (exact) mass is 571 g/mol. The lowest BCUT2D eigenvalue weighted by atomic mass is 10.1. The average molecular weight is 572 g/mol. The van der Waals surface area contributed by atoms with Gasteiger partial charge in [-0.1, -0.05) is 11.6 Å². The van der Waals surface area contributed by atoms with Crippen LogP contribution in [0.1, 0.15) is 11.4 Å². The third-order valence-electron chi connectivity index (χ3n) is 5.37. The molecule has 0 unspecified atom stereocenters. The number of halogens is 7. The first-order valence-electron chi connectivity index (χ1n) is 10.8. The molecule has 0 saturated heterocycles. The lowest BCUT2D eigenvalue weighted by Crippen LogP contribution is -2.27. The predicted octanol–water partition coefficient (Wildman–Crippen LogP) is 4.99. The van der Waals surface area contributed by atoms with Crippen LogP contribution in [0.3, 0.4) is 0 Å². The van der Waals surface area contributed by atoms with Crippen LogP contribution < -0.4 is 20.8 Å². The summed E-state index contributed by atoms with van der Waals surface area (Å²) >= 11 is 6.04. The highest BCUT2D eigenvalue weighted by molar-refractivity contribution is 6.31. The van der Waals surface area contributed by atoms with E-state index < -0.39 is 63.9 Å². The molecule has 0 aliphatic heterocycles. The third kappa shape index (κ3) is 5.74. The van der Waals surface area contributed by atoms with Crippen molar-refractivity contribution in [3.8, 4) is 22.6 Å². The molecule has 0 radical (unpaired) electrons. The first kappa shape index (κ1) is 27.7. The van der Waals surface area contributed by atoms with E-state index in [9.17, 15) is 35.9 Å². The molecule has 8 nitrogen and oxygen atoms in total. The van der Waals surface area contributed by atoms with E-state index in [1.165, 1.54) is 18.2 Å². The van der Waals surface area contributed by atoms with E-state index in [1.54, 1.807) is 19.0 Å². The van der Waals surface area contributed by atoms with Gasteiger partial charge in [-0.3, -0.25) is 14.2 Å². The fraction of sp³-hybridized carbons (Fsp3) is 0.167. The van der Waals surface area contributed by atoms with Crippen LogP contribution in [0.4, 0.5) is 32.0 Å². The van der Waals surface area contributed by atoms with E-state index in [1.807, 2.05) is 5.10 Å². The molecule has 39 heavy (non-hydrogen) atoms. The van der Waals surface area contributed by atoms with Gasteiger partial charge in [0, 0.05) is 36.4 Å². The Morgan fingerprint density at radius 3 is 2.41 bits per heavy atom. The number of nitrogens with zero attached hydrogens (tertiary/aromatic N) is 4. The highest BCUT2D eigenvalue weighted by atomic mass is 35.5. The number of aromatic amines is 1. The fourth-order valence-electron chi connectivity index (χ4n) is 3.50. The Balaban J connectivity index is 1.78. The van der Waals surface area contributed by atoms with Crippen molar-refractivity contribution in [1.82, 2.24) is 19.7 Å². The number of H-pyrrole nitrogens is 1. The van der Waals surface area contributed by atoms with E-state index in [0.29, 0.717) is 22.6 Å². The Morgan fingerprint density at radius 2 is 1.74 bits per heavy atom. The second-order valence-corrected chi connectivity index (χ2v) is 8.76. The van der Waals surface area contributed by atoms with Gasteiger partial charge in [-0.2, -0.15) is 18.3 Å². The standard InChI is InChI=1S/C24H16ClF6N5O3/c1-35(2)13-5-11(25)6-14(8-13)39-20-21(24(29,30)31)32-10-36(23(20)38)9-12-7-16(22(37)34-33-12)15-3-4-17(26)19(28)18(15)27/h3-8,10H,9H2,1-2H3,(H,34,37). The molecule has 0 amide bonds. The largest absolute Gasteiger partial charge is 0.449 e. The van der Waals surface area contributed by atoms with Crippen molar-refractivity contribution in [2.24, 2.45) is 0 Å². The molecule has 0 spiro atoms. The normalized spacial score (nSPS) is 11.5. The van der Waals surface area contributed by atoms with Crippen molar-refractivity contribution in [3.63, 3.8) is 0 Å². The summed E-state index contributed by atoms with van der Waals surface area (Å²) in [5.41, 5.74) is -4.57. The summed E-state index contributed by atoms with van der Waals surface area (Å²) < 4.78 is 88.4. The maximum absolute atomic E-state index is 14.3. The lowest BCUT2D eigenvalue weighted by molar-refractivity contribution is -0.142. The minimum atomic E-state index is -5.07. The number of nitrogens with one attached hydrogen (secondary N) is 1. The lowest BCUT2D eigenvalue weighted by Gasteiger charge is -2.17. The highest BCUT2D eigenvalue weighted by Gasteiger charge is 2.39. The number of rotatable bonds is 6. The minimum Gasteiger partial charge on any atom is -0.449 e. The van der Waals surface area contributed by atoms with E-state index in [4.69, 9.17) is 16.3 Å². The highest BCUT2D eigenvalue weighted by Crippen LogP contribution is 2.36. The zero-order chi connectivity index (χ0) is 28.6. The smallest absolute Gasteiger partial charge is 0.437 e. The molecule has 0 bridgehead atoms. The van der Waals surface area contributed by atoms with Gasteiger partial charge >= 0.3 is 6.18 Å². The van der Waals surface area contributed by atoms with Crippen molar-refractivity contribution in [2.45, 2.75) is 12.7 Å². The quantitative estimate of drug-likeness (QED) is 0.259. The van der Waals surface area contributed by atoms with E-state index in [2.05, 4.69) is 10.1 Å². The summed E-state index contributed by atoms with van der Waals surface area (Å²) in [7, 11) is 3.32. The summed E-state index contributed by atoms with van der Waals surface area (Å²) in [5.74, 6) is -6.26. The Morgan fingerprint density at radius 1 is 1.03 bits per heavy atom. The number of aromatic nitrogens is 4. The summed E-state index contributed by atoms with van der Waals surface area (Å²) in [6.45, 7) is -0.562. The minimum absolute atomic E-state index is 0.128. The van der Waals surface area contributed by atoms with Crippen molar-refractivity contribution >= 4 is 17.3 Å². The second-order valence-electron chi connectivity index (χ2n) is 8.32. The zero-order valence-corrected chi connectivity index (χ0v) is 20.7. The molecule has 204 valence electrons. The van der Waals surface area contributed by atoms with Crippen LogP contribution in [-0.4, -0.2) is 33.8 Å². The molecule has 4 aromatic rings. The van der Waals surface area contributed by atoms with Crippen LogP contribution in [0.25, 0.3) is 11.1 Å². The molecular formula is C24H16ClF6N5O3. The van der Waals surface area contributed by atoms with Crippen molar-refractivity contribution in [2.75, 3.05) is 19.0 Å². The molecule has 2 aromatic heterocycles. The van der Waals surface area contributed by atoms with Gasteiger partial charge in [0.1, 0.15) is 5.75 Å². The number of anilines is 1. The summed E-state index contributed by atoms with van der Waals surface area (Å²) in [6.07, 6.45) is -4.48. The van der Waals surface area contributed by atoms with Crippen LogP contribution in [-0.2, 0) is 12.7 Å². The van der Waals surface area contributed by atoms with Crippen molar-refractivity contribution < 1.29 is 31.1 Å². The van der Waals surface area contributed by atoms with Gasteiger partial charge in [0.15, 0.2) is 23.1 Å². The molecule has 0 saturated carbocycles. The predicted molar refractivity (Wildman–Crippen MR) is 129 cm³/mol. The first-order chi connectivity index (χ1) is 18.3. The number of benzene rings is 2. The molecular weight excluding hydrogens is 556 g/mol. The number of ether oxygens (including phenoxy) is 1. The molecule has 2 heterocycles. The topological polar surface area (TPSA) is 93.1 Å². The van der Waals surface area contributed by atoms with Crippen LogP contribution in [0, 0.1) is 17.5 Å². The summed E-state index contributed by atoms with van der Waals surface area (Å²) in [6, 6.07) is 6.49. The van der Waals surface area contributed by atoms with Gasteiger partial charge < -0.3 is 9.64 Å². The number of alkyl halides is 3. The first-order valence-corrected chi connectivity index (χ1v) is 11.2. The van der Waals surface area contributed by atoms with Crippen LogP contribution in [0.15, 0.2) is 52.3 Å². The Labute approximate surface area is 220 Å². The van der Waals surface area contributed by atoms with Crippen LogP contribution in [0.2, 0.25) is 5.02 Å². The van der Waals surface area contributed by atoms with Gasteiger partial charge in [0.05, 0.1) is 24.1 Å². The van der Waals surface area contributed by atoms with E-state index in [-0.39, 0.29) is 16.5 Å². The summed E-state index contributed by atoms with van der Waals surface area (Å²) in [4.78, 5) is 30.3. The van der Waals surface area contributed by atoms with E-state index >= 15 is 0 Å². The van der Waals surface area contributed by atoms with Gasteiger partial charge in [-0.05, 0) is 30.3 Å². The second kappa shape index (κ2) is 10.4. The van der Waals surface area contributed by atoms with Crippen LogP contribution in [0.5, 0.6) is 11.5 Å². The van der Waals surface area contributed by atoms with Crippen molar-refractivity contribution in [1.29, 1.82) is 0 Å². The average Bonchev–Trinajstić information content (AvgIpc) is 2.85. The van der Waals surface area contributed by atoms with Gasteiger partial charge in [0.25, 0.3) is 11.1 Å². The third-order valence-corrected chi connectivity index (χ3v) is 5.59. The zero-order valence-electron chi connectivity index (χ0n) is 19.9.